The Morgan fingerprint density at radius 3 is 2.61 bits per heavy atom. The number of hydrogen-bond acceptors (Lipinski definition) is 3. The summed E-state index contributed by atoms with van der Waals surface area (Å²) in [4.78, 5) is 19.3. The van der Waals surface area contributed by atoms with Crippen molar-refractivity contribution in [3.63, 3.8) is 0 Å². The van der Waals surface area contributed by atoms with Crippen molar-refractivity contribution in [1.29, 1.82) is 0 Å². The lowest BCUT2D eigenvalue weighted by molar-refractivity contribution is -0.116. The Balaban J connectivity index is 1.59. The zero-order valence-electron chi connectivity index (χ0n) is 19.0. The Labute approximate surface area is 198 Å². The number of thiocarbonyl (C=S) groups is 1. The lowest BCUT2D eigenvalue weighted by Gasteiger charge is -2.28. The molecule has 2 atom stereocenters. The minimum Gasteiger partial charge on any atom is -0.352 e. The molecule has 3 aromatic rings. The maximum absolute atomic E-state index is 13.1. The van der Waals surface area contributed by atoms with Crippen molar-refractivity contribution in [2.45, 2.75) is 45.8 Å². The van der Waals surface area contributed by atoms with Crippen LogP contribution in [0.25, 0.3) is 0 Å². The molecule has 2 N–H and O–H groups in total. The van der Waals surface area contributed by atoms with Crippen LogP contribution in [0.2, 0.25) is 0 Å². The number of halogens is 1. The summed E-state index contributed by atoms with van der Waals surface area (Å²) in [6.07, 6.45) is 2.03. The quantitative estimate of drug-likeness (QED) is 0.497. The van der Waals surface area contributed by atoms with E-state index in [0.717, 1.165) is 12.2 Å². The van der Waals surface area contributed by atoms with Crippen LogP contribution < -0.4 is 10.6 Å². The van der Waals surface area contributed by atoms with Crippen molar-refractivity contribution in [2.24, 2.45) is 0 Å². The van der Waals surface area contributed by atoms with E-state index in [1.54, 1.807) is 18.3 Å². The maximum Gasteiger partial charge on any atom is 0.226 e. The van der Waals surface area contributed by atoms with E-state index in [2.05, 4.69) is 51.9 Å². The fourth-order valence-corrected chi connectivity index (χ4v) is 4.91. The van der Waals surface area contributed by atoms with Gasteiger partial charge in [0.2, 0.25) is 5.91 Å². The van der Waals surface area contributed by atoms with Gasteiger partial charge >= 0.3 is 0 Å². The molecule has 1 aliphatic heterocycles. The van der Waals surface area contributed by atoms with Crippen molar-refractivity contribution < 1.29 is 9.18 Å². The van der Waals surface area contributed by atoms with E-state index < -0.39 is 0 Å². The fourth-order valence-electron chi connectivity index (χ4n) is 4.58. The number of amides is 1. The van der Waals surface area contributed by atoms with Crippen molar-refractivity contribution in [1.82, 2.24) is 19.8 Å². The van der Waals surface area contributed by atoms with E-state index in [1.807, 2.05) is 18.2 Å². The first-order chi connectivity index (χ1) is 15.9. The molecule has 1 amide bonds. The van der Waals surface area contributed by atoms with E-state index >= 15 is 0 Å². The van der Waals surface area contributed by atoms with Gasteiger partial charge in [0, 0.05) is 42.8 Å². The van der Waals surface area contributed by atoms with E-state index in [0.29, 0.717) is 17.3 Å². The van der Waals surface area contributed by atoms with Crippen LogP contribution >= 0.6 is 12.2 Å². The monoisotopic (exact) mass is 465 g/mol. The molecule has 0 radical (unpaired) electrons. The molecule has 1 aromatic carbocycles. The number of nitrogens with one attached hydrogen (secondary N) is 2. The highest BCUT2D eigenvalue weighted by atomic mass is 32.1. The predicted molar refractivity (Wildman–Crippen MR) is 131 cm³/mol. The summed E-state index contributed by atoms with van der Waals surface area (Å²) >= 11 is 5.71. The van der Waals surface area contributed by atoms with Crippen LogP contribution in [0.15, 0.2) is 54.7 Å². The van der Waals surface area contributed by atoms with E-state index in [1.165, 1.54) is 29.1 Å². The van der Waals surface area contributed by atoms with Gasteiger partial charge in [-0.1, -0.05) is 6.07 Å². The number of benzene rings is 1. The van der Waals surface area contributed by atoms with Crippen molar-refractivity contribution in [3.05, 3.63) is 83.2 Å². The van der Waals surface area contributed by atoms with Gasteiger partial charge in [0.05, 0.1) is 17.8 Å². The standard InChI is InChI=1S/C25H28FN5OS/c1-4-30-16(2)15-20(17(30)3)24-23(21-7-5-6-13-27-21)29-25(33)31(24)14-12-22(32)28-19-10-8-18(26)9-11-19/h5-11,13,15,23-24H,4,12,14H2,1-3H3,(H,28,32)(H,29,33). The first-order valence-corrected chi connectivity index (χ1v) is 11.5. The van der Waals surface area contributed by atoms with Crippen LogP contribution in [0.1, 0.15) is 48.1 Å². The summed E-state index contributed by atoms with van der Waals surface area (Å²) < 4.78 is 15.4. The Morgan fingerprint density at radius 2 is 1.97 bits per heavy atom. The second-order valence-electron chi connectivity index (χ2n) is 8.20. The second-order valence-corrected chi connectivity index (χ2v) is 8.58. The largest absolute Gasteiger partial charge is 0.352 e. The van der Waals surface area contributed by atoms with Crippen molar-refractivity contribution in [3.8, 4) is 0 Å². The highest BCUT2D eigenvalue weighted by Crippen LogP contribution is 2.40. The predicted octanol–water partition coefficient (Wildman–Crippen LogP) is 4.66. The molecular weight excluding hydrogens is 437 g/mol. The van der Waals surface area contributed by atoms with Gasteiger partial charge in [-0.2, -0.15) is 0 Å². The Bertz CT molecular complexity index is 1150. The van der Waals surface area contributed by atoms with Crippen molar-refractivity contribution >= 4 is 28.9 Å². The molecule has 1 saturated heterocycles. The zero-order valence-corrected chi connectivity index (χ0v) is 19.8. The van der Waals surface area contributed by atoms with Gasteiger partial charge in [-0.15, -0.1) is 0 Å². The maximum atomic E-state index is 13.1. The van der Waals surface area contributed by atoms with Gasteiger partial charge in [-0.05, 0) is 81.0 Å². The molecule has 8 heteroatoms. The second kappa shape index (κ2) is 9.70. The number of pyridine rings is 1. The summed E-state index contributed by atoms with van der Waals surface area (Å²) in [6, 6.07) is 13.6. The topological polar surface area (TPSA) is 62.2 Å². The molecule has 2 aromatic heterocycles. The van der Waals surface area contributed by atoms with Gasteiger partial charge in [0.1, 0.15) is 5.82 Å². The van der Waals surface area contributed by atoms with E-state index in [4.69, 9.17) is 12.2 Å². The highest BCUT2D eigenvalue weighted by molar-refractivity contribution is 7.80. The lowest BCUT2D eigenvalue weighted by atomic mass is 9.96. The van der Waals surface area contributed by atoms with Gasteiger partial charge in [-0.25, -0.2) is 4.39 Å². The van der Waals surface area contributed by atoms with Crippen LogP contribution in [-0.2, 0) is 11.3 Å². The van der Waals surface area contributed by atoms with Crippen LogP contribution in [0, 0.1) is 19.7 Å². The summed E-state index contributed by atoms with van der Waals surface area (Å²) in [7, 11) is 0. The van der Waals surface area contributed by atoms with Gasteiger partial charge in [-0.3, -0.25) is 9.78 Å². The molecule has 1 aliphatic rings. The zero-order chi connectivity index (χ0) is 23.5. The van der Waals surface area contributed by atoms with Gasteiger partial charge in [0.15, 0.2) is 5.11 Å². The first kappa shape index (κ1) is 22.9. The minimum atomic E-state index is -0.338. The number of anilines is 1. The molecule has 3 heterocycles. The van der Waals surface area contributed by atoms with Crippen molar-refractivity contribution in [2.75, 3.05) is 11.9 Å². The third-order valence-electron chi connectivity index (χ3n) is 6.15. The first-order valence-electron chi connectivity index (χ1n) is 11.1. The number of hydrogen-bond donors (Lipinski definition) is 2. The molecule has 0 aliphatic carbocycles. The Hall–Kier alpha value is -3.26. The van der Waals surface area contributed by atoms with Crippen LogP contribution in [-0.4, -0.2) is 32.0 Å². The third kappa shape index (κ3) is 4.75. The molecule has 0 saturated carbocycles. The van der Waals surface area contributed by atoms with Gasteiger partial charge in [0.25, 0.3) is 0 Å². The molecule has 33 heavy (non-hydrogen) atoms. The molecule has 6 nitrogen and oxygen atoms in total. The Kier molecular flexibility index (Phi) is 6.74. The summed E-state index contributed by atoms with van der Waals surface area (Å²) in [5.41, 5.74) is 5.03. The third-order valence-corrected chi connectivity index (χ3v) is 6.51. The number of rotatable bonds is 7. The average molecular weight is 466 g/mol. The molecule has 0 bridgehead atoms. The molecular formula is C25H28FN5OS. The van der Waals surface area contributed by atoms with E-state index in [-0.39, 0.29) is 30.2 Å². The number of carbonyl (C=O) groups is 1. The smallest absolute Gasteiger partial charge is 0.226 e. The fraction of sp³-hybridized carbons (Fsp3) is 0.320. The number of aryl methyl sites for hydroxylation is 1. The molecule has 2 unspecified atom stereocenters. The van der Waals surface area contributed by atoms with E-state index in [9.17, 15) is 9.18 Å². The SMILES string of the molecule is CCn1c(C)cc(C2C(c3ccccn3)NC(=S)N2CCC(=O)Nc2ccc(F)cc2)c1C. The number of aromatic nitrogens is 2. The Morgan fingerprint density at radius 1 is 1.21 bits per heavy atom. The van der Waals surface area contributed by atoms with Crippen LogP contribution in [0.5, 0.6) is 0 Å². The minimum absolute atomic E-state index is 0.0856. The molecule has 0 spiro atoms. The number of carbonyl (C=O) groups excluding carboxylic acids is 1. The number of nitrogens with zero attached hydrogens (tertiary/aromatic N) is 3. The molecule has 1 fully saturated rings. The summed E-state index contributed by atoms with van der Waals surface area (Å²) in [5.74, 6) is -0.488. The van der Waals surface area contributed by atoms with Crippen LogP contribution in [0.3, 0.4) is 0 Å². The summed E-state index contributed by atoms with van der Waals surface area (Å²) in [5, 5.41) is 6.86. The van der Waals surface area contributed by atoms with Gasteiger partial charge < -0.3 is 20.1 Å². The normalized spacial score (nSPS) is 17.8. The lowest BCUT2D eigenvalue weighted by Crippen LogP contribution is -2.32. The highest BCUT2D eigenvalue weighted by Gasteiger charge is 2.41. The average Bonchev–Trinajstić information content (AvgIpc) is 3.29. The summed E-state index contributed by atoms with van der Waals surface area (Å²) in [6.45, 7) is 7.70. The van der Waals surface area contributed by atoms with Crippen LogP contribution in [0.4, 0.5) is 10.1 Å². The molecule has 4 rings (SSSR count). The molecule has 172 valence electrons.